The first-order valence-corrected chi connectivity index (χ1v) is 10.1. The number of benzene rings is 1. The largest absolute Gasteiger partial charge is 0.306 e. The number of pyridine rings is 1. The van der Waals surface area contributed by atoms with Gasteiger partial charge in [-0.25, -0.2) is 13.4 Å². The van der Waals surface area contributed by atoms with Crippen molar-refractivity contribution in [3.05, 3.63) is 54.9 Å². The summed E-state index contributed by atoms with van der Waals surface area (Å²) >= 11 is 0. The molecule has 3 aromatic rings. The molecule has 3 heterocycles. The maximum absolute atomic E-state index is 12.8. The standard InChI is InChI=1S/C19H21N3O2S/c23-25(24,22-13-4-1-2-5-14-22)17-10-8-16(9-11-17)18-15-21-12-6-3-7-19(21)20-18/h3,6-12,15H,1-2,4-5,13-14H2. The first-order valence-electron chi connectivity index (χ1n) is 8.69. The molecule has 4 rings (SSSR count). The van der Waals surface area contributed by atoms with E-state index in [2.05, 4.69) is 4.98 Å². The van der Waals surface area contributed by atoms with Gasteiger partial charge >= 0.3 is 0 Å². The van der Waals surface area contributed by atoms with E-state index < -0.39 is 10.0 Å². The van der Waals surface area contributed by atoms with Crippen molar-refractivity contribution in [1.82, 2.24) is 13.7 Å². The van der Waals surface area contributed by atoms with Gasteiger partial charge in [0.2, 0.25) is 10.0 Å². The fourth-order valence-electron chi connectivity index (χ4n) is 3.30. The average Bonchev–Trinajstić information content (AvgIpc) is 2.87. The molecular formula is C19H21N3O2S. The van der Waals surface area contributed by atoms with Gasteiger partial charge in [0.05, 0.1) is 10.6 Å². The van der Waals surface area contributed by atoms with Crippen LogP contribution >= 0.6 is 0 Å². The number of hydrogen-bond donors (Lipinski definition) is 0. The summed E-state index contributed by atoms with van der Waals surface area (Å²) in [5.41, 5.74) is 2.63. The van der Waals surface area contributed by atoms with Crippen LogP contribution in [0.3, 0.4) is 0 Å². The number of imidazole rings is 1. The van der Waals surface area contributed by atoms with Crippen LogP contribution in [-0.2, 0) is 10.0 Å². The van der Waals surface area contributed by atoms with E-state index in [1.165, 1.54) is 0 Å². The van der Waals surface area contributed by atoms with E-state index in [-0.39, 0.29) is 0 Å². The molecule has 0 saturated carbocycles. The van der Waals surface area contributed by atoms with E-state index >= 15 is 0 Å². The Labute approximate surface area is 148 Å². The molecule has 0 amide bonds. The number of rotatable bonds is 3. The molecule has 0 N–H and O–H groups in total. The summed E-state index contributed by atoms with van der Waals surface area (Å²) in [5.74, 6) is 0. The predicted molar refractivity (Wildman–Crippen MR) is 97.9 cm³/mol. The van der Waals surface area contributed by atoms with Crippen LogP contribution in [-0.4, -0.2) is 35.2 Å². The normalized spacial score (nSPS) is 16.8. The van der Waals surface area contributed by atoms with Crippen LogP contribution in [0.25, 0.3) is 16.9 Å². The molecule has 1 aliphatic heterocycles. The fraction of sp³-hybridized carbons (Fsp3) is 0.316. The van der Waals surface area contributed by atoms with Gasteiger partial charge in [0.15, 0.2) is 0 Å². The third-order valence-electron chi connectivity index (χ3n) is 4.72. The second-order valence-electron chi connectivity index (χ2n) is 6.43. The predicted octanol–water partition coefficient (Wildman–Crippen LogP) is 3.57. The SMILES string of the molecule is O=S(=O)(c1ccc(-c2cn3ccccc3n2)cc1)N1CCCCCC1. The van der Waals surface area contributed by atoms with E-state index in [0.717, 1.165) is 42.6 Å². The molecule has 0 bridgehead atoms. The van der Waals surface area contributed by atoms with Gasteiger partial charge in [-0.05, 0) is 37.1 Å². The topological polar surface area (TPSA) is 54.7 Å². The Morgan fingerprint density at radius 1 is 0.880 bits per heavy atom. The highest BCUT2D eigenvalue weighted by atomic mass is 32.2. The summed E-state index contributed by atoms with van der Waals surface area (Å²) in [6.07, 6.45) is 8.01. The van der Waals surface area contributed by atoms with Gasteiger partial charge in [0.1, 0.15) is 5.65 Å². The summed E-state index contributed by atoms with van der Waals surface area (Å²) in [5, 5.41) is 0. The van der Waals surface area contributed by atoms with Crippen LogP contribution in [0.15, 0.2) is 59.8 Å². The van der Waals surface area contributed by atoms with Gasteiger partial charge in [-0.15, -0.1) is 0 Å². The molecule has 0 unspecified atom stereocenters. The summed E-state index contributed by atoms with van der Waals surface area (Å²) < 4.78 is 29.3. The second-order valence-corrected chi connectivity index (χ2v) is 8.37. The third-order valence-corrected chi connectivity index (χ3v) is 6.63. The van der Waals surface area contributed by atoms with Crippen LogP contribution in [0.5, 0.6) is 0 Å². The first kappa shape index (κ1) is 16.3. The van der Waals surface area contributed by atoms with Crippen molar-refractivity contribution in [2.75, 3.05) is 13.1 Å². The van der Waals surface area contributed by atoms with Gasteiger partial charge in [0.25, 0.3) is 0 Å². The van der Waals surface area contributed by atoms with Crippen LogP contribution in [0, 0.1) is 0 Å². The smallest absolute Gasteiger partial charge is 0.243 e. The number of sulfonamides is 1. The summed E-state index contributed by atoms with van der Waals surface area (Å²) in [6.45, 7) is 1.24. The van der Waals surface area contributed by atoms with Crippen molar-refractivity contribution < 1.29 is 8.42 Å². The molecule has 0 spiro atoms. The Kier molecular flexibility index (Phi) is 4.31. The fourth-order valence-corrected chi connectivity index (χ4v) is 4.82. The van der Waals surface area contributed by atoms with Gasteiger partial charge in [-0.1, -0.05) is 31.0 Å². The molecule has 130 valence electrons. The van der Waals surface area contributed by atoms with Crippen LogP contribution in [0.1, 0.15) is 25.7 Å². The molecule has 0 aliphatic carbocycles. The Morgan fingerprint density at radius 3 is 2.28 bits per heavy atom. The zero-order valence-electron chi connectivity index (χ0n) is 14.0. The lowest BCUT2D eigenvalue weighted by molar-refractivity contribution is 0.424. The highest BCUT2D eigenvalue weighted by molar-refractivity contribution is 7.89. The molecule has 2 aromatic heterocycles. The molecule has 1 aliphatic rings. The van der Waals surface area contributed by atoms with Crippen molar-refractivity contribution in [2.24, 2.45) is 0 Å². The Balaban J connectivity index is 1.62. The zero-order valence-corrected chi connectivity index (χ0v) is 14.8. The maximum atomic E-state index is 12.8. The number of fused-ring (bicyclic) bond motifs is 1. The number of nitrogens with zero attached hydrogens (tertiary/aromatic N) is 3. The lowest BCUT2D eigenvalue weighted by Crippen LogP contribution is -2.31. The minimum atomic E-state index is -3.40. The van der Waals surface area contributed by atoms with E-state index in [0.29, 0.717) is 18.0 Å². The van der Waals surface area contributed by atoms with Crippen LogP contribution in [0.2, 0.25) is 0 Å². The number of hydrogen-bond acceptors (Lipinski definition) is 3. The van der Waals surface area contributed by atoms with Crippen molar-refractivity contribution in [2.45, 2.75) is 30.6 Å². The van der Waals surface area contributed by atoms with E-state index in [9.17, 15) is 8.42 Å². The minimum absolute atomic E-state index is 0.363. The van der Waals surface area contributed by atoms with Gasteiger partial charge in [-0.2, -0.15) is 4.31 Å². The molecule has 6 heteroatoms. The summed E-state index contributed by atoms with van der Waals surface area (Å²) in [6, 6.07) is 12.9. The number of aromatic nitrogens is 2. The average molecular weight is 355 g/mol. The molecule has 0 atom stereocenters. The highest BCUT2D eigenvalue weighted by Crippen LogP contribution is 2.24. The second kappa shape index (κ2) is 6.61. The Bertz CT molecular complexity index is 936. The van der Waals surface area contributed by atoms with E-state index in [1.807, 2.05) is 47.1 Å². The summed E-state index contributed by atoms with van der Waals surface area (Å²) in [4.78, 5) is 4.94. The van der Waals surface area contributed by atoms with Crippen molar-refractivity contribution in [3.8, 4) is 11.3 Å². The van der Waals surface area contributed by atoms with E-state index in [4.69, 9.17) is 0 Å². The van der Waals surface area contributed by atoms with Gasteiger partial charge < -0.3 is 4.40 Å². The quantitative estimate of drug-likeness (QED) is 0.722. The molecule has 5 nitrogen and oxygen atoms in total. The lowest BCUT2D eigenvalue weighted by Gasteiger charge is -2.19. The molecule has 1 fully saturated rings. The molecule has 25 heavy (non-hydrogen) atoms. The van der Waals surface area contributed by atoms with Gasteiger partial charge in [-0.3, -0.25) is 0 Å². The maximum Gasteiger partial charge on any atom is 0.243 e. The Hall–Kier alpha value is -2.18. The lowest BCUT2D eigenvalue weighted by atomic mass is 10.2. The zero-order chi connectivity index (χ0) is 17.3. The molecule has 0 radical (unpaired) electrons. The minimum Gasteiger partial charge on any atom is -0.306 e. The van der Waals surface area contributed by atoms with E-state index in [1.54, 1.807) is 16.4 Å². The summed E-state index contributed by atoms with van der Waals surface area (Å²) in [7, 11) is -3.40. The first-order chi connectivity index (χ1) is 12.1. The molecule has 1 saturated heterocycles. The third kappa shape index (κ3) is 3.19. The van der Waals surface area contributed by atoms with Crippen LogP contribution < -0.4 is 0 Å². The molecule has 1 aromatic carbocycles. The Morgan fingerprint density at radius 2 is 1.60 bits per heavy atom. The monoisotopic (exact) mass is 355 g/mol. The van der Waals surface area contributed by atoms with Crippen molar-refractivity contribution >= 4 is 15.7 Å². The van der Waals surface area contributed by atoms with Gasteiger partial charge in [0, 0.05) is 31.0 Å². The van der Waals surface area contributed by atoms with Crippen molar-refractivity contribution in [3.63, 3.8) is 0 Å². The van der Waals surface area contributed by atoms with Crippen LogP contribution in [0.4, 0.5) is 0 Å². The highest BCUT2D eigenvalue weighted by Gasteiger charge is 2.25. The van der Waals surface area contributed by atoms with Crippen molar-refractivity contribution in [1.29, 1.82) is 0 Å². The molecular weight excluding hydrogens is 334 g/mol.